The van der Waals surface area contributed by atoms with E-state index in [4.69, 9.17) is 0 Å². The lowest BCUT2D eigenvalue weighted by Gasteiger charge is -2.11. The van der Waals surface area contributed by atoms with Crippen LogP contribution in [0, 0.1) is 5.82 Å². The number of rotatable bonds is 3. The normalized spacial score (nSPS) is 12.9. The highest BCUT2D eigenvalue weighted by atomic mass is 79.9. The first-order valence-corrected chi connectivity index (χ1v) is 5.08. The molecule has 0 aliphatic rings. The van der Waals surface area contributed by atoms with Gasteiger partial charge in [0, 0.05) is 0 Å². The first-order chi connectivity index (χ1) is 6.16. The largest absolute Gasteiger partial charge is 0.388 e. The summed E-state index contributed by atoms with van der Waals surface area (Å²) in [6.45, 7) is 1.98. The third kappa shape index (κ3) is 2.51. The zero-order valence-corrected chi connectivity index (χ0v) is 9.01. The zero-order chi connectivity index (χ0) is 9.84. The van der Waals surface area contributed by atoms with Gasteiger partial charge in [-0.05, 0) is 34.0 Å². The van der Waals surface area contributed by atoms with Crippen LogP contribution in [-0.2, 0) is 0 Å². The average molecular weight is 247 g/mol. The highest BCUT2D eigenvalue weighted by Gasteiger charge is 2.12. The van der Waals surface area contributed by atoms with Crippen LogP contribution in [0.5, 0.6) is 0 Å². The van der Waals surface area contributed by atoms with Crippen molar-refractivity contribution in [2.75, 3.05) is 0 Å². The number of halogens is 2. The molecular weight excluding hydrogens is 235 g/mol. The van der Waals surface area contributed by atoms with Crippen LogP contribution in [0.3, 0.4) is 0 Å². The van der Waals surface area contributed by atoms with Gasteiger partial charge in [-0.1, -0.05) is 25.5 Å². The highest BCUT2D eigenvalue weighted by Crippen LogP contribution is 2.28. The van der Waals surface area contributed by atoms with Gasteiger partial charge in [0.2, 0.25) is 0 Å². The maximum absolute atomic E-state index is 13.0. The number of aliphatic hydroxyl groups is 1. The van der Waals surface area contributed by atoms with Gasteiger partial charge in [0.1, 0.15) is 5.82 Å². The molecule has 1 rings (SSSR count). The molecule has 0 spiro atoms. The molecule has 1 aromatic rings. The Balaban J connectivity index is 2.93. The summed E-state index contributed by atoms with van der Waals surface area (Å²) >= 11 is 3.12. The summed E-state index contributed by atoms with van der Waals surface area (Å²) in [5, 5.41) is 9.63. The van der Waals surface area contributed by atoms with E-state index >= 15 is 0 Å². The Bertz CT molecular complexity index is 288. The fraction of sp³-hybridized carbons (Fsp3) is 0.400. The van der Waals surface area contributed by atoms with E-state index in [2.05, 4.69) is 15.9 Å². The van der Waals surface area contributed by atoms with Crippen LogP contribution in [0.2, 0.25) is 0 Å². The summed E-state index contributed by atoms with van der Waals surface area (Å²) in [5.41, 5.74) is 0.627. The average Bonchev–Trinajstić information content (AvgIpc) is 2.10. The molecule has 0 aliphatic carbocycles. The molecule has 0 saturated carbocycles. The molecular formula is C10H12BrFO. The minimum Gasteiger partial charge on any atom is -0.388 e. The maximum atomic E-state index is 13.0. The van der Waals surface area contributed by atoms with Crippen molar-refractivity contribution < 1.29 is 9.50 Å². The second-order valence-corrected chi connectivity index (χ2v) is 3.74. The molecule has 0 saturated heterocycles. The molecule has 1 nitrogen and oxygen atoms in total. The van der Waals surface area contributed by atoms with Crippen molar-refractivity contribution in [1.29, 1.82) is 0 Å². The van der Waals surface area contributed by atoms with Crippen molar-refractivity contribution in [3.05, 3.63) is 34.1 Å². The zero-order valence-electron chi connectivity index (χ0n) is 7.43. The molecule has 0 bridgehead atoms. The summed E-state index contributed by atoms with van der Waals surface area (Å²) < 4.78 is 13.4. The first kappa shape index (κ1) is 10.7. The highest BCUT2D eigenvalue weighted by molar-refractivity contribution is 9.10. The van der Waals surface area contributed by atoms with E-state index in [9.17, 15) is 9.50 Å². The summed E-state index contributed by atoms with van der Waals surface area (Å²) in [6.07, 6.45) is 0.960. The standard InChI is InChI=1S/C10H12BrFO/c1-2-4-9(13)7-5-3-6-8(12)10(7)11/h3,5-6,9,13H,2,4H2,1H3. The van der Waals surface area contributed by atoms with E-state index in [1.54, 1.807) is 12.1 Å². The van der Waals surface area contributed by atoms with Gasteiger partial charge in [-0.2, -0.15) is 0 Å². The van der Waals surface area contributed by atoms with E-state index in [1.165, 1.54) is 6.07 Å². The fourth-order valence-corrected chi connectivity index (χ4v) is 1.74. The van der Waals surface area contributed by atoms with Gasteiger partial charge in [-0.25, -0.2) is 4.39 Å². The van der Waals surface area contributed by atoms with Crippen LogP contribution >= 0.6 is 15.9 Å². The Morgan fingerprint density at radius 2 is 2.23 bits per heavy atom. The third-order valence-corrected chi connectivity index (χ3v) is 2.74. The Labute approximate surface area is 85.7 Å². The molecule has 0 amide bonds. The Morgan fingerprint density at radius 3 is 2.85 bits per heavy atom. The monoisotopic (exact) mass is 246 g/mol. The fourth-order valence-electron chi connectivity index (χ4n) is 1.21. The lowest BCUT2D eigenvalue weighted by atomic mass is 10.1. The molecule has 1 aromatic carbocycles. The van der Waals surface area contributed by atoms with Gasteiger partial charge in [0.15, 0.2) is 0 Å². The number of hydrogen-bond donors (Lipinski definition) is 1. The Morgan fingerprint density at radius 1 is 1.54 bits per heavy atom. The van der Waals surface area contributed by atoms with Gasteiger partial charge in [0.05, 0.1) is 10.6 Å². The lowest BCUT2D eigenvalue weighted by molar-refractivity contribution is 0.165. The molecule has 72 valence electrons. The molecule has 0 fully saturated rings. The van der Waals surface area contributed by atoms with Crippen LogP contribution in [0.1, 0.15) is 31.4 Å². The predicted octanol–water partition coefficient (Wildman–Crippen LogP) is 3.42. The second-order valence-electron chi connectivity index (χ2n) is 2.95. The van der Waals surface area contributed by atoms with Crippen molar-refractivity contribution in [2.45, 2.75) is 25.9 Å². The molecule has 0 aliphatic heterocycles. The number of benzene rings is 1. The van der Waals surface area contributed by atoms with Crippen molar-refractivity contribution in [3.63, 3.8) is 0 Å². The Kier molecular flexibility index (Phi) is 3.88. The van der Waals surface area contributed by atoms with E-state index in [1.807, 2.05) is 6.92 Å². The van der Waals surface area contributed by atoms with Gasteiger partial charge in [-0.3, -0.25) is 0 Å². The minimum absolute atomic E-state index is 0.326. The van der Waals surface area contributed by atoms with Crippen molar-refractivity contribution in [1.82, 2.24) is 0 Å². The number of hydrogen-bond acceptors (Lipinski definition) is 1. The van der Waals surface area contributed by atoms with Gasteiger partial charge in [0.25, 0.3) is 0 Å². The van der Waals surface area contributed by atoms with E-state index in [-0.39, 0.29) is 5.82 Å². The summed E-state index contributed by atoms with van der Waals surface area (Å²) in [7, 11) is 0. The van der Waals surface area contributed by atoms with E-state index < -0.39 is 6.10 Å². The van der Waals surface area contributed by atoms with Crippen LogP contribution in [0.25, 0.3) is 0 Å². The molecule has 13 heavy (non-hydrogen) atoms. The van der Waals surface area contributed by atoms with Gasteiger partial charge in [-0.15, -0.1) is 0 Å². The lowest BCUT2D eigenvalue weighted by Crippen LogP contribution is -1.98. The van der Waals surface area contributed by atoms with Crippen molar-refractivity contribution in [3.8, 4) is 0 Å². The van der Waals surface area contributed by atoms with Crippen molar-refractivity contribution in [2.24, 2.45) is 0 Å². The summed E-state index contributed by atoms with van der Waals surface area (Å²) in [4.78, 5) is 0. The quantitative estimate of drug-likeness (QED) is 0.867. The maximum Gasteiger partial charge on any atom is 0.137 e. The van der Waals surface area contributed by atoms with Gasteiger partial charge < -0.3 is 5.11 Å². The molecule has 1 atom stereocenters. The molecule has 1 N–H and O–H groups in total. The van der Waals surface area contributed by atoms with Crippen LogP contribution in [-0.4, -0.2) is 5.11 Å². The van der Waals surface area contributed by atoms with E-state index in [0.717, 1.165) is 6.42 Å². The topological polar surface area (TPSA) is 20.2 Å². The van der Waals surface area contributed by atoms with Gasteiger partial charge >= 0.3 is 0 Å². The smallest absolute Gasteiger partial charge is 0.137 e. The van der Waals surface area contributed by atoms with Crippen molar-refractivity contribution >= 4 is 15.9 Å². The molecule has 1 unspecified atom stereocenters. The molecule has 0 heterocycles. The second kappa shape index (κ2) is 4.72. The summed E-state index contributed by atoms with van der Waals surface area (Å²) in [6, 6.07) is 4.70. The predicted molar refractivity (Wildman–Crippen MR) is 54.0 cm³/mol. The first-order valence-electron chi connectivity index (χ1n) is 4.28. The van der Waals surface area contributed by atoms with E-state index in [0.29, 0.717) is 16.5 Å². The van der Waals surface area contributed by atoms with Crippen LogP contribution in [0.4, 0.5) is 4.39 Å². The number of aliphatic hydroxyl groups excluding tert-OH is 1. The third-order valence-electron chi connectivity index (χ3n) is 1.90. The van der Waals surface area contributed by atoms with Crippen LogP contribution in [0.15, 0.2) is 22.7 Å². The SMILES string of the molecule is CCCC(O)c1cccc(F)c1Br. The summed E-state index contributed by atoms with van der Waals surface area (Å²) in [5.74, 6) is -0.326. The van der Waals surface area contributed by atoms with Crippen LogP contribution < -0.4 is 0 Å². The molecule has 0 radical (unpaired) electrons. The molecule has 3 heteroatoms. The minimum atomic E-state index is -0.574. The Hall–Kier alpha value is -0.410. The molecule has 0 aromatic heterocycles.